The van der Waals surface area contributed by atoms with Gasteiger partial charge < -0.3 is 44.6 Å². The number of Topliss-reactive ketones (excluding diaryl/α,β-unsaturated/α-hetero) is 4. The minimum Gasteiger partial charge on any atom is -0.507 e. The fourth-order valence-electron chi connectivity index (χ4n) is 6.94. The number of methoxy groups -OCH3 is 1. The molecule has 0 fully saturated rings. The molecule has 2 aliphatic heterocycles. The number of phenols is 1. The molecule has 0 unspecified atom stereocenters. The number of aliphatic hydroxyl groups excluding tert-OH is 1. The van der Waals surface area contributed by atoms with Crippen LogP contribution in [-0.4, -0.2) is 86.8 Å². The van der Waals surface area contributed by atoms with Gasteiger partial charge in [-0.1, -0.05) is 19.1 Å². The highest BCUT2D eigenvalue weighted by molar-refractivity contribution is 6.31. The van der Waals surface area contributed by atoms with Gasteiger partial charge >= 0.3 is 11.6 Å². The van der Waals surface area contributed by atoms with Crippen molar-refractivity contribution in [2.24, 2.45) is 5.92 Å². The van der Waals surface area contributed by atoms with Crippen LogP contribution in [0.4, 0.5) is 5.69 Å². The first-order valence-electron chi connectivity index (χ1n) is 17.4. The number of aliphatic hydroxyl groups is 1. The Morgan fingerprint density at radius 3 is 2.40 bits per heavy atom. The van der Waals surface area contributed by atoms with Crippen LogP contribution in [0.5, 0.6) is 17.2 Å². The second-order valence-electron chi connectivity index (χ2n) is 13.9. The number of benzene rings is 2. The van der Waals surface area contributed by atoms with E-state index in [1.807, 2.05) is 0 Å². The minimum atomic E-state index is -2.16. The number of nitrogens with zero attached hydrogens (tertiary/aromatic N) is 1. The second kappa shape index (κ2) is 13.9. The Bertz CT molecular complexity index is 2640. The molecular weight excluding hydrogens is 746 g/mol. The van der Waals surface area contributed by atoms with E-state index >= 15 is 0 Å². The van der Waals surface area contributed by atoms with Crippen LogP contribution in [0.3, 0.4) is 0 Å². The van der Waals surface area contributed by atoms with E-state index in [2.05, 4.69) is 15.6 Å². The number of carbonyl (C=O) groups is 6. The molecule has 3 bridgehead atoms. The average Bonchev–Trinajstić information content (AvgIpc) is 3.19. The van der Waals surface area contributed by atoms with Crippen LogP contribution in [-0.2, 0) is 14.3 Å². The molecular formula is C40H33N3O14. The maximum Gasteiger partial charge on any atom is 0.364 e. The van der Waals surface area contributed by atoms with E-state index in [1.54, 1.807) is 0 Å². The summed E-state index contributed by atoms with van der Waals surface area (Å²) in [5, 5.41) is 38.5. The first-order valence-corrected chi connectivity index (χ1v) is 17.4. The zero-order valence-corrected chi connectivity index (χ0v) is 30.8. The van der Waals surface area contributed by atoms with Crippen molar-refractivity contribution in [3.8, 4) is 17.2 Å². The third-order valence-corrected chi connectivity index (χ3v) is 10.0. The SMILES string of the molecule is COc1ccc2c(O)c(NC(=O)c3cccc(C(=O)O[C@H]4[C@H](O)C(=O)[C@@]5(C)CNC6=C(O5)C(=O)c5c(cc(C)c(O)c5C(=O)/C(C)=C\[C@@H]4C)C6=O)n3)c(=O)oc2c1. The van der Waals surface area contributed by atoms with E-state index in [0.29, 0.717) is 5.75 Å². The van der Waals surface area contributed by atoms with E-state index in [0.717, 1.165) is 0 Å². The lowest BCUT2D eigenvalue weighted by Crippen LogP contribution is -2.59. The highest BCUT2D eigenvalue weighted by Crippen LogP contribution is 2.40. The summed E-state index contributed by atoms with van der Waals surface area (Å²) in [4.78, 5) is 99.3. The number of carbonyl (C=O) groups excluding carboxylic acids is 6. The Labute approximate surface area is 321 Å². The van der Waals surface area contributed by atoms with Crippen molar-refractivity contribution in [2.75, 3.05) is 19.0 Å². The van der Waals surface area contributed by atoms with Gasteiger partial charge in [0, 0.05) is 17.5 Å². The number of fused-ring (bicyclic) bond motifs is 2. The molecule has 17 nitrogen and oxygen atoms in total. The lowest BCUT2D eigenvalue weighted by Gasteiger charge is -2.39. The Morgan fingerprint density at radius 1 is 0.965 bits per heavy atom. The number of aryl methyl sites for hydroxylation is 1. The van der Waals surface area contributed by atoms with Crippen molar-refractivity contribution in [3.63, 3.8) is 0 Å². The van der Waals surface area contributed by atoms with Crippen molar-refractivity contribution in [2.45, 2.75) is 45.5 Å². The number of pyridine rings is 1. The zero-order valence-electron chi connectivity index (χ0n) is 30.8. The number of nitrogens with one attached hydrogen (secondary N) is 2. The van der Waals surface area contributed by atoms with Crippen LogP contribution in [0.15, 0.2) is 74.8 Å². The molecule has 0 radical (unpaired) electrons. The lowest BCUT2D eigenvalue weighted by molar-refractivity contribution is -0.154. The predicted molar refractivity (Wildman–Crippen MR) is 196 cm³/mol. The number of anilines is 1. The number of ketones is 4. The second-order valence-corrected chi connectivity index (χ2v) is 13.9. The highest BCUT2D eigenvalue weighted by atomic mass is 16.6. The molecule has 3 aliphatic rings. The molecule has 0 saturated heterocycles. The van der Waals surface area contributed by atoms with Gasteiger partial charge in [0.15, 0.2) is 34.7 Å². The summed E-state index contributed by atoms with van der Waals surface area (Å²) in [5.41, 5.74) is -5.93. The average molecular weight is 780 g/mol. The molecule has 7 rings (SSSR count). The number of rotatable bonds is 5. The maximum atomic E-state index is 14.1. The van der Waals surface area contributed by atoms with Gasteiger partial charge in [-0.25, -0.2) is 14.6 Å². The summed E-state index contributed by atoms with van der Waals surface area (Å²) in [6.07, 6.45) is -2.64. The van der Waals surface area contributed by atoms with E-state index < -0.39 is 116 Å². The molecule has 17 heteroatoms. The Balaban J connectivity index is 1.22. The molecule has 1 aliphatic carbocycles. The molecule has 2 aromatic carbocycles. The largest absolute Gasteiger partial charge is 0.507 e. The lowest BCUT2D eigenvalue weighted by atomic mass is 9.82. The number of aromatic hydroxyl groups is 2. The number of amides is 1. The molecule has 2 aromatic heterocycles. The number of phenolic OH excluding ortho intramolecular Hbond substituents is 1. The normalized spacial score (nSPS) is 22.7. The summed E-state index contributed by atoms with van der Waals surface area (Å²) < 4.78 is 21.9. The topological polar surface area (TPSA) is 258 Å². The maximum absolute atomic E-state index is 14.1. The number of hydrogen-bond donors (Lipinski definition) is 5. The Morgan fingerprint density at radius 2 is 1.68 bits per heavy atom. The quantitative estimate of drug-likeness (QED) is 0.144. The fraction of sp³-hybridized carbons (Fsp3) is 0.250. The summed E-state index contributed by atoms with van der Waals surface area (Å²) in [6.45, 7) is 5.07. The van der Waals surface area contributed by atoms with Crippen molar-refractivity contribution < 1.29 is 62.7 Å². The number of aromatic nitrogens is 1. The van der Waals surface area contributed by atoms with Crippen LogP contribution in [0.25, 0.3) is 11.0 Å². The predicted octanol–water partition coefficient (Wildman–Crippen LogP) is 3.07. The smallest absolute Gasteiger partial charge is 0.364 e. The van der Waals surface area contributed by atoms with Crippen LogP contribution in [0.2, 0.25) is 0 Å². The third-order valence-electron chi connectivity index (χ3n) is 10.0. The van der Waals surface area contributed by atoms with Crippen LogP contribution in [0.1, 0.15) is 78.4 Å². The number of esters is 1. The molecule has 4 aromatic rings. The van der Waals surface area contributed by atoms with Crippen molar-refractivity contribution in [1.29, 1.82) is 0 Å². The zero-order chi connectivity index (χ0) is 41.2. The highest BCUT2D eigenvalue weighted by Gasteiger charge is 2.51. The molecule has 4 heterocycles. The van der Waals surface area contributed by atoms with Gasteiger partial charge in [0.2, 0.25) is 17.3 Å². The van der Waals surface area contributed by atoms with Crippen molar-refractivity contribution in [1.82, 2.24) is 10.3 Å². The first kappa shape index (κ1) is 38.1. The van der Waals surface area contributed by atoms with Gasteiger partial charge in [0.05, 0.1) is 30.2 Å². The van der Waals surface area contributed by atoms with Gasteiger partial charge in [-0.3, -0.25) is 24.0 Å². The van der Waals surface area contributed by atoms with Gasteiger partial charge in [-0.15, -0.1) is 0 Å². The summed E-state index contributed by atoms with van der Waals surface area (Å²) in [7, 11) is 1.40. The van der Waals surface area contributed by atoms with Gasteiger partial charge in [0.25, 0.3) is 5.91 Å². The first-order chi connectivity index (χ1) is 26.9. The molecule has 0 saturated carbocycles. The van der Waals surface area contributed by atoms with Crippen LogP contribution >= 0.6 is 0 Å². The third kappa shape index (κ3) is 6.27. The summed E-state index contributed by atoms with van der Waals surface area (Å²) in [5.74, 6) is -8.39. The van der Waals surface area contributed by atoms with Crippen molar-refractivity contribution >= 4 is 51.7 Å². The van der Waals surface area contributed by atoms with Gasteiger partial charge in [-0.05, 0) is 62.2 Å². The Hall–Kier alpha value is -7.14. The van der Waals surface area contributed by atoms with Gasteiger partial charge in [-0.2, -0.15) is 0 Å². The fourth-order valence-corrected chi connectivity index (χ4v) is 6.94. The van der Waals surface area contributed by atoms with E-state index in [1.165, 1.54) is 83.3 Å². The van der Waals surface area contributed by atoms with Gasteiger partial charge in [0.1, 0.15) is 40.3 Å². The summed E-state index contributed by atoms with van der Waals surface area (Å²) in [6, 6.07) is 9.18. The number of hydrogen-bond acceptors (Lipinski definition) is 16. The minimum absolute atomic E-state index is 0.0132. The van der Waals surface area contributed by atoms with E-state index in [4.69, 9.17) is 18.6 Å². The molecule has 292 valence electrons. The summed E-state index contributed by atoms with van der Waals surface area (Å²) >= 11 is 0. The molecule has 0 spiro atoms. The van der Waals surface area contributed by atoms with Crippen LogP contribution < -0.4 is 21.0 Å². The molecule has 1 amide bonds. The van der Waals surface area contributed by atoms with E-state index in [-0.39, 0.29) is 33.4 Å². The van der Waals surface area contributed by atoms with Crippen LogP contribution in [0, 0.1) is 12.8 Å². The Kier molecular flexibility index (Phi) is 9.28. The molecule has 5 N–H and O–H groups in total. The monoisotopic (exact) mass is 779 g/mol. The van der Waals surface area contributed by atoms with E-state index in [9.17, 15) is 48.9 Å². The molecule has 4 atom stereocenters. The number of allylic oxidation sites excluding steroid dienone is 3. The molecule has 57 heavy (non-hydrogen) atoms. The standard InChI is InChI=1S/C40H33N3O14/c1-15-11-17(3)34(33(49)36(50)40(4)14-41-26-31(47)20-12-16(2)29(45)25(28(15)44)24(20)32(48)35(26)57-40)56-38(52)22-8-6-7-21(42-22)37(51)43-27-30(46)19-10-9-18(54-5)13-23(19)55-39(27)53/h6-13,17,33-34,41,45-46,49H,14H2,1-5H3,(H,43,51)/b15-11-/t17-,33-,34+,40+/m0/s1. The number of ether oxygens (including phenoxy) is 3. The van der Waals surface area contributed by atoms with Crippen molar-refractivity contribution in [3.05, 3.63) is 110 Å².